The van der Waals surface area contributed by atoms with Gasteiger partial charge in [0.2, 0.25) is 0 Å². The van der Waals surface area contributed by atoms with Crippen molar-refractivity contribution in [2.24, 2.45) is 0 Å². The molecule has 0 radical (unpaired) electrons. The minimum absolute atomic E-state index is 0.000556. The van der Waals surface area contributed by atoms with E-state index in [9.17, 15) is 13.2 Å². The Bertz CT molecular complexity index is 1270. The SMILES string of the molecule is Cc1ccc(S(=O)(=O)O)c(C(C)(C)C)c1.N#Cc1ccc(OCCCN2CC3CN(C(=O)O)CC(C2)O3)cc1. The number of morpholine rings is 2. The van der Waals surface area contributed by atoms with Gasteiger partial charge < -0.3 is 19.5 Å². The number of nitrogens with zero attached hydrogens (tertiary/aromatic N) is 3. The summed E-state index contributed by atoms with van der Waals surface area (Å²) in [6, 6.07) is 14.1. The number of fused-ring (bicyclic) bond motifs is 2. The number of ether oxygens (including phenoxy) is 2. The minimum atomic E-state index is -4.13. The number of rotatable bonds is 6. The smallest absolute Gasteiger partial charge is 0.407 e. The van der Waals surface area contributed by atoms with Gasteiger partial charge in [0.05, 0.1) is 48.4 Å². The maximum atomic E-state index is 11.2. The number of carbonyl (C=O) groups is 1. The highest BCUT2D eigenvalue weighted by atomic mass is 32.2. The molecular formula is C28H37N3O7S. The second kappa shape index (κ2) is 12.8. The number of carboxylic acid groups (broad SMARTS) is 1. The lowest BCUT2D eigenvalue weighted by molar-refractivity contribution is -0.132. The van der Waals surface area contributed by atoms with Gasteiger partial charge in [0, 0.05) is 19.6 Å². The molecule has 2 aliphatic rings. The molecular weight excluding hydrogens is 522 g/mol. The topological polar surface area (TPSA) is 140 Å². The molecule has 10 nitrogen and oxygen atoms in total. The zero-order valence-corrected chi connectivity index (χ0v) is 23.6. The largest absolute Gasteiger partial charge is 0.494 e. The van der Waals surface area contributed by atoms with Gasteiger partial charge in [-0.05, 0) is 54.7 Å². The second-order valence-corrected chi connectivity index (χ2v) is 12.3. The third kappa shape index (κ3) is 8.93. The van der Waals surface area contributed by atoms with Crippen LogP contribution in [0.5, 0.6) is 5.75 Å². The lowest BCUT2D eigenvalue weighted by atomic mass is 9.86. The van der Waals surface area contributed by atoms with Crippen molar-refractivity contribution >= 4 is 16.2 Å². The van der Waals surface area contributed by atoms with Crippen LogP contribution in [0.15, 0.2) is 47.4 Å². The molecule has 2 N–H and O–H groups in total. The molecule has 2 fully saturated rings. The Morgan fingerprint density at radius 1 is 1.10 bits per heavy atom. The first-order valence-corrected chi connectivity index (χ1v) is 14.3. The summed E-state index contributed by atoms with van der Waals surface area (Å²) in [4.78, 5) is 14.8. The molecule has 2 unspecified atom stereocenters. The number of amides is 1. The van der Waals surface area contributed by atoms with E-state index in [4.69, 9.17) is 24.4 Å². The molecule has 2 aromatic carbocycles. The highest BCUT2D eigenvalue weighted by molar-refractivity contribution is 7.85. The van der Waals surface area contributed by atoms with Gasteiger partial charge in [-0.1, -0.05) is 38.5 Å². The molecule has 4 rings (SSSR count). The van der Waals surface area contributed by atoms with E-state index >= 15 is 0 Å². The van der Waals surface area contributed by atoms with Crippen molar-refractivity contribution in [2.45, 2.75) is 56.6 Å². The number of benzene rings is 2. The lowest BCUT2D eigenvalue weighted by Gasteiger charge is -2.44. The van der Waals surface area contributed by atoms with Crippen molar-refractivity contribution in [1.82, 2.24) is 9.80 Å². The molecule has 2 bridgehead atoms. The summed E-state index contributed by atoms with van der Waals surface area (Å²) in [6.45, 7) is 11.6. The molecule has 212 valence electrons. The van der Waals surface area contributed by atoms with Crippen LogP contribution in [-0.4, -0.2) is 85.5 Å². The van der Waals surface area contributed by atoms with Gasteiger partial charge >= 0.3 is 6.09 Å². The molecule has 1 amide bonds. The van der Waals surface area contributed by atoms with Gasteiger partial charge in [-0.15, -0.1) is 0 Å². The molecule has 2 saturated heterocycles. The Morgan fingerprint density at radius 2 is 1.72 bits per heavy atom. The minimum Gasteiger partial charge on any atom is -0.494 e. The van der Waals surface area contributed by atoms with Crippen LogP contribution in [0, 0.1) is 18.3 Å². The monoisotopic (exact) mass is 559 g/mol. The Labute approximate surface area is 230 Å². The number of hydrogen-bond donors (Lipinski definition) is 2. The van der Waals surface area contributed by atoms with Gasteiger partial charge in [-0.2, -0.15) is 13.7 Å². The summed E-state index contributed by atoms with van der Waals surface area (Å²) in [5, 5.41) is 17.9. The maximum absolute atomic E-state index is 11.2. The molecule has 2 atom stereocenters. The predicted molar refractivity (Wildman–Crippen MR) is 146 cm³/mol. The van der Waals surface area contributed by atoms with Crippen LogP contribution in [-0.2, 0) is 20.3 Å². The van der Waals surface area contributed by atoms with E-state index in [1.807, 2.05) is 27.7 Å². The van der Waals surface area contributed by atoms with Gasteiger partial charge in [-0.25, -0.2) is 4.79 Å². The van der Waals surface area contributed by atoms with Crippen molar-refractivity contribution in [1.29, 1.82) is 5.26 Å². The molecule has 2 heterocycles. The number of nitriles is 1. The van der Waals surface area contributed by atoms with Gasteiger partial charge in [0.1, 0.15) is 5.75 Å². The highest BCUT2D eigenvalue weighted by Gasteiger charge is 2.36. The third-order valence-corrected chi connectivity index (χ3v) is 7.43. The van der Waals surface area contributed by atoms with Crippen LogP contribution < -0.4 is 4.74 Å². The molecule has 0 spiro atoms. The zero-order chi connectivity index (χ0) is 28.8. The van der Waals surface area contributed by atoms with E-state index in [0.29, 0.717) is 30.8 Å². The molecule has 2 aromatic rings. The van der Waals surface area contributed by atoms with E-state index in [2.05, 4.69) is 11.0 Å². The Hall–Kier alpha value is -3.17. The fourth-order valence-electron chi connectivity index (χ4n) is 4.67. The Morgan fingerprint density at radius 3 is 2.23 bits per heavy atom. The molecule has 0 aromatic heterocycles. The molecule has 2 aliphatic heterocycles. The molecule has 11 heteroatoms. The average molecular weight is 560 g/mol. The van der Waals surface area contributed by atoms with Crippen LogP contribution in [0.3, 0.4) is 0 Å². The molecule has 39 heavy (non-hydrogen) atoms. The van der Waals surface area contributed by atoms with E-state index < -0.39 is 16.2 Å². The number of aryl methyl sites for hydroxylation is 1. The lowest BCUT2D eigenvalue weighted by Crippen LogP contribution is -2.60. The van der Waals surface area contributed by atoms with E-state index in [1.165, 1.54) is 11.0 Å². The molecule has 0 saturated carbocycles. The summed E-state index contributed by atoms with van der Waals surface area (Å²) in [7, 11) is -4.13. The van der Waals surface area contributed by atoms with Crippen molar-refractivity contribution < 1.29 is 32.3 Å². The first kappa shape index (κ1) is 30.4. The van der Waals surface area contributed by atoms with Crippen molar-refractivity contribution in [3.8, 4) is 11.8 Å². The second-order valence-electron chi connectivity index (χ2n) is 10.9. The zero-order valence-electron chi connectivity index (χ0n) is 22.8. The predicted octanol–water partition coefficient (Wildman–Crippen LogP) is 3.93. The van der Waals surface area contributed by atoms with Crippen LogP contribution in [0.4, 0.5) is 4.79 Å². The van der Waals surface area contributed by atoms with Crippen molar-refractivity contribution in [2.75, 3.05) is 39.3 Å². The van der Waals surface area contributed by atoms with Crippen LogP contribution >= 0.6 is 0 Å². The van der Waals surface area contributed by atoms with Crippen LogP contribution in [0.2, 0.25) is 0 Å². The quantitative estimate of drug-likeness (QED) is 0.398. The standard InChI is InChI=1S/C17H21N3O4.C11H16O3S/c18-8-13-2-4-14(5-3-13)23-7-1-6-19-9-15-11-20(17(21)22)12-16(10-19)24-15;1-8-5-6-10(15(12,13)14)9(7-8)11(2,3)4/h2-5,15-16H,1,6-7,9-12H2,(H,21,22);5-7H,1-4H3,(H,12,13,14). The van der Waals surface area contributed by atoms with Gasteiger partial charge in [0.25, 0.3) is 10.1 Å². The van der Waals surface area contributed by atoms with Crippen LogP contribution in [0.25, 0.3) is 0 Å². The highest BCUT2D eigenvalue weighted by Crippen LogP contribution is 2.29. The summed E-state index contributed by atoms with van der Waals surface area (Å²) in [5.74, 6) is 0.768. The third-order valence-electron chi connectivity index (χ3n) is 6.52. The fourth-order valence-corrected chi connectivity index (χ4v) is 5.56. The average Bonchev–Trinajstić information content (AvgIpc) is 2.85. The summed E-state index contributed by atoms with van der Waals surface area (Å²) < 4.78 is 42.9. The van der Waals surface area contributed by atoms with Crippen molar-refractivity contribution in [3.05, 3.63) is 59.2 Å². The van der Waals surface area contributed by atoms with E-state index in [0.717, 1.165) is 37.4 Å². The normalized spacial score (nSPS) is 19.4. The van der Waals surface area contributed by atoms with E-state index in [1.54, 1.807) is 36.4 Å². The Kier molecular flexibility index (Phi) is 9.96. The van der Waals surface area contributed by atoms with Gasteiger partial charge in [-0.3, -0.25) is 9.45 Å². The summed E-state index contributed by atoms with van der Waals surface area (Å²) in [6.07, 6.45) is -0.0408. The fraction of sp³-hybridized carbons (Fsp3) is 0.500. The summed E-state index contributed by atoms with van der Waals surface area (Å²) in [5.41, 5.74) is 1.94. The van der Waals surface area contributed by atoms with E-state index in [-0.39, 0.29) is 22.5 Å². The maximum Gasteiger partial charge on any atom is 0.407 e. The first-order valence-electron chi connectivity index (χ1n) is 12.8. The van der Waals surface area contributed by atoms with Crippen LogP contribution in [0.1, 0.15) is 43.9 Å². The van der Waals surface area contributed by atoms with Gasteiger partial charge in [0.15, 0.2) is 0 Å². The number of hydrogen-bond acceptors (Lipinski definition) is 7. The van der Waals surface area contributed by atoms with Crippen molar-refractivity contribution in [3.63, 3.8) is 0 Å². The Balaban J connectivity index is 0.000000242. The molecule has 0 aliphatic carbocycles. The first-order chi connectivity index (χ1) is 18.3. The summed E-state index contributed by atoms with van der Waals surface area (Å²) >= 11 is 0.